The zero-order chi connectivity index (χ0) is 13.4. The molecule has 0 fully saturated rings. The van der Waals surface area contributed by atoms with Crippen LogP contribution in [0.25, 0.3) is 11.6 Å². The molecule has 2 heterocycles. The summed E-state index contributed by atoms with van der Waals surface area (Å²) in [5.74, 6) is 1.82. The van der Waals surface area contributed by atoms with Crippen LogP contribution in [0.3, 0.4) is 0 Å². The van der Waals surface area contributed by atoms with Gasteiger partial charge in [0, 0.05) is 21.6 Å². The summed E-state index contributed by atoms with van der Waals surface area (Å²) in [6.07, 6.45) is 2.22. The predicted octanol–water partition coefficient (Wildman–Crippen LogP) is 5.44. The molecule has 1 aliphatic rings. The maximum atomic E-state index is 6.08. The summed E-state index contributed by atoms with van der Waals surface area (Å²) in [6.45, 7) is 0. The van der Waals surface area contributed by atoms with Gasteiger partial charge in [0.25, 0.3) is 0 Å². The van der Waals surface area contributed by atoms with Gasteiger partial charge in [-0.1, -0.05) is 42.5 Å². The Morgan fingerprint density at radius 1 is 0.750 bits per heavy atom. The molecular formula is C18H12OS. The number of fused-ring (bicyclic) bond motifs is 2. The Hall–Kier alpha value is -2.32. The number of hydrogen-bond acceptors (Lipinski definition) is 2. The van der Waals surface area contributed by atoms with E-state index in [0.29, 0.717) is 0 Å². The molecule has 4 rings (SSSR count). The minimum absolute atomic E-state index is 0.909. The number of rotatable bonds is 1. The second-order valence-corrected chi connectivity index (χ2v) is 5.62. The highest BCUT2D eigenvalue weighted by atomic mass is 32.1. The predicted molar refractivity (Wildman–Crippen MR) is 84.3 cm³/mol. The molecule has 3 aromatic rings. The topological polar surface area (TPSA) is 9.23 Å². The van der Waals surface area contributed by atoms with Gasteiger partial charge in [-0.05, 0) is 29.7 Å². The molecule has 0 unspecified atom stereocenters. The van der Waals surface area contributed by atoms with Crippen LogP contribution in [0, 0.1) is 0 Å². The molecule has 0 bridgehead atoms. The molecule has 96 valence electrons. The van der Waals surface area contributed by atoms with Gasteiger partial charge in [0.2, 0.25) is 0 Å². The molecule has 0 radical (unpaired) electrons. The van der Waals surface area contributed by atoms with Crippen molar-refractivity contribution in [1.29, 1.82) is 0 Å². The van der Waals surface area contributed by atoms with Crippen molar-refractivity contribution in [3.63, 3.8) is 0 Å². The summed E-state index contributed by atoms with van der Waals surface area (Å²) in [7, 11) is 0. The van der Waals surface area contributed by atoms with E-state index < -0.39 is 0 Å². The first-order valence-electron chi connectivity index (χ1n) is 6.54. The normalized spacial score (nSPS) is 12.7. The highest BCUT2D eigenvalue weighted by Gasteiger charge is 2.17. The van der Waals surface area contributed by atoms with Crippen molar-refractivity contribution in [2.45, 2.75) is 0 Å². The summed E-state index contributed by atoms with van der Waals surface area (Å²) in [5, 5.41) is 2.11. The SMILES string of the molecule is C1=C(c2cccs2)c2ccccc2Oc2ccccc21. The average molecular weight is 276 g/mol. The van der Waals surface area contributed by atoms with Gasteiger partial charge < -0.3 is 4.74 Å². The Morgan fingerprint density at radius 3 is 2.40 bits per heavy atom. The second-order valence-electron chi connectivity index (χ2n) is 4.67. The number of hydrogen-bond donors (Lipinski definition) is 0. The molecule has 2 heteroatoms. The highest BCUT2D eigenvalue weighted by Crippen LogP contribution is 2.41. The summed E-state index contributed by atoms with van der Waals surface area (Å²) >= 11 is 1.75. The fraction of sp³-hybridized carbons (Fsp3) is 0. The zero-order valence-electron chi connectivity index (χ0n) is 10.7. The van der Waals surface area contributed by atoms with Gasteiger partial charge in [-0.25, -0.2) is 0 Å². The first-order chi connectivity index (χ1) is 9.92. The van der Waals surface area contributed by atoms with Crippen molar-refractivity contribution in [3.8, 4) is 11.5 Å². The third-order valence-electron chi connectivity index (χ3n) is 3.40. The zero-order valence-corrected chi connectivity index (χ0v) is 11.6. The lowest BCUT2D eigenvalue weighted by Crippen LogP contribution is -1.88. The molecule has 0 saturated heterocycles. The van der Waals surface area contributed by atoms with E-state index in [2.05, 4.69) is 41.8 Å². The molecule has 1 aliphatic heterocycles. The van der Waals surface area contributed by atoms with Gasteiger partial charge in [-0.2, -0.15) is 0 Å². The van der Waals surface area contributed by atoms with Crippen molar-refractivity contribution in [3.05, 3.63) is 82.0 Å². The molecule has 1 nitrogen and oxygen atoms in total. The van der Waals surface area contributed by atoms with E-state index in [1.165, 1.54) is 10.5 Å². The van der Waals surface area contributed by atoms with Crippen LogP contribution in [0.1, 0.15) is 16.0 Å². The molecule has 0 spiro atoms. The molecule has 2 aromatic carbocycles. The van der Waals surface area contributed by atoms with E-state index in [0.717, 1.165) is 22.6 Å². The molecule has 0 saturated carbocycles. The lowest BCUT2D eigenvalue weighted by Gasteiger charge is -2.09. The van der Waals surface area contributed by atoms with Gasteiger partial charge in [-0.3, -0.25) is 0 Å². The van der Waals surface area contributed by atoms with Gasteiger partial charge in [-0.15, -0.1) is 11.3 Å². The van der Waals surface area contributed by atoms with Crippen LogP contribution in [0.5, 0.6) is 11.5 Å². The van der Waals surface area contributed by atoms with Crippen LogP contribution in [0.2, 0.25) is 0 Å². The summed E-state index contributed by atoms with van der Waals surface area (Å²) in [5.41, 5.74) is 3.49. The Labute approximate surface area is 121 Å². The van der Waals surface area contributed by atoms with Gasteiger partial charge >= 0.3 is 0 Å². The van der Waals surface area contributed by atoms with Crippen molar-refractivity contribution >= 4 is 23.0 Å². The van der Waals surface area contributed by atoms with Crippen LogP contribution in [0.4, 0.5) is 0 Å². The second kappa shape index (κ2) is 4.66. The summed E-state index contributed by atoms with van der Waals surface area (Å²) < 4.78 is 6.08. The van der Waals surface area contributed by atoms with Gasteiger partial charge in [0.05, 0.1) is 0 Å². The number of para-hydroxylation sites is 2. The Morgan fingerprint density at radius 2 is 1.55 bits per heavy atom. The Bertz CT molecular complexity index is 785. The Kier molecular flexibility index (Phi) is 2.68. The molecule has 0 amide bonds. The lowest BCUT2D eigenvalue weighted by atomic mass is 10.0. The average Bonchev–Trinajstić information content (AvgIpc) is 2.96. The van der Waals surface area contributed by atoms with Crippen LogP contribution >= 0.6 is 11.3 Å². The van der Waals surface area contributed by atoms with Gasteiger partial charge in [0.1, 0.15) is 11.5 Å². The summed E-state index contributed by atoms with van der Waals surface area (Å²) in [4.78, 5) is 1.26. The van der Waals surface area contributed by atoms with Crippen LogP contribution in [-0.2, 0) is 0 Å². The van der Waals surface area contributed by atoms with E-state index in [1.807, 2.05) is 30.3 Å². The molecule has 20 heavy (non-hydrogen) atoms. The fourth-order valence-corrected chi connectivity index (χ4v) is 3.21. The fourth-order valence-electron chi connectivity index (χ4n) is 2.46. The third kappa shape index (κ3) is 1.86. The monoisotopic (exact) mass is 276 g/mol. The van der Waals surface area contributed by atoms with E-state index in [1.54, 1.807) is 11.3 Å². The minimum atomic E-state index is 0.909. The quantitative estimate of drug-likeness (QED) is 0.449. The van der Waals surface area contributed by atoms with Crippen LogP contribution < -0.4 is 4.74 Å². The lowest BCUT2D eigenvalue weighted by molar-refractivity contribution is 0.481. The standard InChI is InChI=1S/C18H12OS/c1-3-8-16-13(6-1)12-15(18-10-5-11-20-18)14-7-2-4-9-17(14)19-16/h1-12H. The summed E-state index contributed by atoms with van der Waals surface area (Å²) in [6, 6.07) is 20.6. The van der Waals surface area contributed by atoms with Crippen LogP contribution in [0.15, 0.2) is 66.0 Å². The smallest absolute Gasteiger partial charge is 0.135 e. The highest BCUT2D eigenvalue weighted by molar-refractivity contribution is 7.11. The van der Waals surface area contributed by atoms with Crippen molar-refractivity contribution in [1.82, 2.24) is 0 Å². The largest absolute Gasteiger partial charge is 0.456 e. The number of thiophene rings is 1. The maximum absolute atomic E-state index is 6.08. The van der Waals surface area contributed by atoms with Crippen molar-refractivity contribution in [2.75, 3.05) is 0 Å². The van der Waals surface area contributed by atoms with E-state index >= 15 is 0 Å². The molecule has 0 N–H and O–H groups in total. The van der Waals surface area contributed by atoms with Crippen LogP contribution in [-0.4, -0.2) is 0 Å². The van der Waals surface area contributed by atoms with E-state index in [-0.39, 0.29) is 0 Å². The van der Waals surface area contributed by atoms with E-state index in [4.69, 9.17) is 4.74 Å². The Balaban J connectivity index is 2.01. The molecular weight excluding hydrogens is 264 g/mol. The number of benzene rings is 2. The van der Waals surface area contributed by atoms with Gasteiger partial charge in [0.15, 0.2) is 0 Å². The first kappa shape index (κ1) is 11.5. The van der Waals surface area contributed by atoms with E-state index in [9.17, 15) is 0 Å². The van der Waals surface area contributed by atoms with Crippen molar-refractivity contribution in [2.24, 2.45) is 0 Å². The van der Waals surface area contributed by atoms with Crippen molar-refractivity contribution < 1.29 is 4.74 Å². The molecule has 1 aromatic heterocycles. The molecule has 0 aliphatic carbocycles. The minimum Gasteiger partial charge on any atom is -0.456 e. The molecule has 0 atom stereocenters. The first-order valence-corrected chi connectivity index (χ1v) is 7.42. The maximum Gasteiger partial charge on any atom is 0.135 e. The number of ether oxygens (including phenoxy) is 1. The third-order valence-corrected chi connectivity index (χ3v) is 4.31.